The molecule has 0 aliphatic rings. The molecule has 0 unspecified atom stereocenters. The van der Waals surface area contributed by atoms with E-state index < -0.39 is 0 Å². The predicted octanol–water partition coefficient (Wildman–Crippen LogP) is 2.35. The van der Waals surface area contributed by atoms with Crippen LogP contribution in [0.4, 0.5) is 17.7 Å². The molecular weight excluding hydrogens is 204 g/mol. The Hall–Kier alpha value is -2.04. The SMILES string of the molecule is CCCc1ccccc1Nc1nnc(N)o1. The van der Waals surface area contributed by atoms with E-state index in [1.165, 1.54) is 5.56 Å². The molecule has 0 spiro atoms. The van der Waals surface area contributed by atoms with Crippen LogP contribution in [-0.4, -0.2) is 10.2 Å². The Balaban J connectivity index is 2.20. The molecule has 3 N–H and O–H groups in total. The monoisotopic (exact) mass is 218 g/mol. The molecule has 0 aliphatic heterocycles. The van der Waals surface area contributed by atoms with Crippen molar-refractivity contribution in [3.8, 4) is 0 Å². The Morgan fingerprint density at radius 3 is 2.81 bits per heavy atom. The van der Waals surface area contributed by atoms with Crippen LogP contribution in [0.15, 0.2) is 28.7 Å². The highest BCUT2D eigenvalue weighted by molar-refractivity contribution is 5.57. The number of anilines is 3. The summed E-state index contributed by atoms with van der Waals surface area (Å²) in [6, 6.07) is 8.41. The number of nitrogen functional groups attached to an aromatic ring is 1. The lowest BCUT2D eigenvalue weighted by molar-refractivity contribution is 0.593. The molecule has 2 aromatic rings. The Morgan fingerprint density at radius 2 is 2.12 bits per heavy atom. The molecule has 0 radical (unpaired) electrons. The van der Waals surface area contributed by atoms with E-state index in [1.54, 1.807) is 0 Å². The molecule has 5 nitrogen and oxygen atoms in total. The van der Waals surface area contributed by atoms with Crippen LogP contribution in [0.1, 0.15) is 18.9 Å². The summed E-state index contributed by atoms with van der Waals surface area (Å²) in [5.41, 5.74) is 7.55. The smallest absolute Gasteiger partial charge is 0.321 e. The van der Waals surface area contributed by atoms with Crippen molar-refractivity contribution in [1.29, 1.82) is 0 Å². The van der Waals surface area contributed by atoms with Gasteiger partial charge in [-0.3, -0.25) is 0 Å². The summed E-state index contributed by atoms with van der Waals surface area (Å²) in [6.07, 6.45) is 2.09. The number of hydrogen-bond acceptors (Lipinski definition) is 5. The van der Waals surface area contributed by atoms with Crippen LogP contribution < -0.4 is 11.1 Å². The van der Waals surface area contributed by atoms with E-state index in [0.29, 0.717) is 6.01 Å². The fourth-order valence-corrected chi connectivity index (χ4v) is 1.53. The summed E-state index contributed by atoms with van der Waals surface area (Å²) in [5.74, 6) is 0. The number of aromatic nitrogens is 2. The number of para-hydroxylation sites is 1. The van der Waals surface area contributed by atoms with Crippen molar-refractivity contribution in [2.45, 2.75) is 19.8 Å². The molecule has 0 amide bonds. The van der Waals surface area contributed by atoms with Gasteiger partial charge in [-0.25, -0.2) is 0 Å². The number of rotatable bonds is 4. The van der Waals surface area contributed by atoms with Gasteiger partial charge in [0.2, 0.25) is 0 Å². The van der Waals surface area contributed by atoms with Gasteiger partial charge in [0.15, 0.2) is 0 Å². The minimum atomic E-state index is 0.0653. The summed E-state index contributed by atoms with van der Waals surface area (Å²) in [7, 11) is 0. The molecule has 0 bridgehead atoms. The van der Waals surface area contributed by atoms with Crippen LogP contribution in [0.25, 0.3) is 0 Å². The van der Waals surface area contributed by atoms with Gasteiger partial charge in [0.1, 0.15) is 0 Å². The minimum absolute atomic E-state index is 0.0653. The third kappa shape index (κ3) is 2.31. The largest absolute Gasteiger partial charge is 0.389 e. The lowest BCUT2D eigenvalue weighted by atomic mass is 10.1. The Kier molecular flexibility index (Phi) is 3.05. The van der Waals surface area contributed by atoms with Crippen LogP contribution in [0.5, 0.6) is 0 Å². The first kappa shape index (κ1) is 10.5. The van der Waals surface area contributed by atoms with E-state index in [4.69, 9.17) is 10.2 Å². The fourth-order valence-electron chi connectivity index (χ4n) is 1.53. The predicted molar refractivity (Wildman–Crippen MR) is 62.4 cm³/mol. The topological polar surface area (TPSA) is 77.0 Å². The third-order valence-corrected chi connectivity index (χ3v) is 2.22. The summed E-state index contributed by atoms with van der Waals surface area (Å²) in [4.78, 5) is 0. The zero-order valence-corrected chi connectivity index (χ0v) is 9.10. The number of hydrogen-bond donors (Lipinski definition) is 2. The van der Waals surface area contributed by atoms with Gasteiger partial charge in [-0.1, -0.05) is 41.7 Å². The number of nitrogens with two attached hydrogens (primary N) is 1. The van der Waals surface area contributed by atoms with E-state index >= 15 is 0 Å². The lowest BCUT2D eigenvalue weighted by Gasteiger charge is -2.07. The van der Waals surface area contributed by atoms with Crippen molar-refractivity contribution in [3.63, 3.8) is 0 Å². The molecule has 0 fully saturated rings. The summed E-state index contributed by atoms with van der Waals surface area (Å²) in [6.45, 7) is 2.14. The summed E-state index contributed by atoms with van der Waals surface area (Å²) in [5, 5.41) is 10.4. The average molecular weight is 218 g/mol. The van der Waals surface area contributed by atoms with Gasteiger partial charge in [0.05, 0.1) is 0 Å². The number of nitrogens with zero attached hydrogens (tertiary/aromatic N) is 2. The molecule has 0 atom stereocenters. The molecule has 16 heavy (non-hydrogen) atoms. The number of benzene rings is 1. The summed E-state index contributed by atoms with van der Waals surface area (Å²) >= 11 is 0. The first-order chi connectivity index (χ1) is 7.79. The lowest BCUT2D eigenvalue weighted by Crippen LogP contribution is -1.95. The summed E-state index contributed by atoms with van der Waals surface area (Å²) < 4.78 is 5.07. The Bertz CT molecular complexity index is 467. The van der Waals surface area contributed by atoms with Crippen molar-refractivity contribution in [2.24, 2.45) is 0 Å². The van der Waals surface area contributed by atoms with Gasteiger partial charge < -0.3 is 15.5 Å². The molecular formula is C11H14N4O. The van der Waals surface area contributed by atoms with Crippen molar-refractivity contribution < 1.29 is 4.42 Å². The molecule has 84 valence electrons. The zero-order valence-electron chi connectivity index (χ0n) is 9.10. The second kappa shape index (κ2) is 4.65. The third-order valence-electron chi connectivity index (χ3n) is 2.22. The Morgan fingerprint density at radius 1 is 1.31 bits per heavy atom. The van der Waals surface area contributed by atoms with E-state index in [-0.39, 0.29) is 6.01 Å². The van der Waals surface area contributed by atoms with Crippen molar-refractivity contribution in [1.82, 2.24) is 10.2 Å². The van der Waals surface area contributed by atoms with E-state index in [0.717, 1.165) is 18.5 Å². The quantitative estimate of drug-likeness (QED) is 0.823. The van der Waals surface area contributed by atoms with Crippen LogP contribution in [0, 0.1) is 0 Å². The van der Waals surface area contributed by atoms with E-state index in [1.807, 2.05) is 18.2 Å². The number of aryl methyl sites for hydroxylation is 1. The molecule has 0 saturated heterocycles. The van der Waals surface area contributed by atoms with Gasteiger partial charge in [-0.15, -0.1) is 0 Å². The second-order valence-corrected chi connectivity index (χ2v) is 3.48. The Labute approximate surface area is 93.7 Å². The van der Waals surface area contributed by atoms with E-state index in [2.05, 4.69) is 28.5 Å². The molecule has 1 heterocycles. The zero-order chi connectivity index (χ0) is 11.4. The van der Waals surface area contributed by atoms with Gasteiger partial charge in [-0.2, -0.15) is 0 Å². The standard InChI is InChI=1S/C11H14N4O/c1-2-5-8-6-3-4-7-9(8)13-11-15-14-10(12)16-11/h3-4,6-7H,2,5H2,1H3,(H2,12,14)(H,13,15). The van der Waals surface area contributed by atoms with Gasteiger partial charge >= 0.3 is 12.0 Å². The fraction of sp³-hybridized carbons (Fsp3) is 0.273. The second-order valence-electron chi connectivity index (χ2n) is 3.48. The van der Waals surface area contributed by atoms with Gasteiger partial charge in [0, 0.05) is 5.69 Å². The number of nitrogens with one attached hydrogen (secondary N) is 1. The van der Waals surface area contributed by atoms with Crippen LogP contribution in [-0.2, 0) is 6.42 Å². The first-order valence-electron chi connectivity index (χ1n) is 5.23. The molecule has 0 saturated carbocycles. The minimum Gasteiger partial charge on any atom is -0.389 e. The highest BCUT2D eigenvalue weighted by Crippen LogP contribution is 2.21. The highest BCUT2D eigenvalue weighted by atomic mass is 16.4. The maximum absolute atomic E-state index is 5.35. The van der Waals surface area contributed by atoms with Crippen LogP contribution in [0.2, 0.25) is 0 Å². The maximum Gasteiger partial charge on any atom is 0.321 e. The molecule has 1 aromatic heterocycles. The molecule has 5 heteroatoms. The molecule has 2 rings (SSSR count). The van der Waals surface area contributed by atoms with Crippen LogP contribution in [0.3, 0.4) is 0 Å². The van der Waals surface area contributed by atoms with Crippen molar-refractivity contribution in [2.75, 3.05) is 11.1 Å². The highest BCUT2D eigenvalue weighted by Gasteiger charge is 2.05. The van der Waals surface area contributed by atoms with Crippen LogP contribution >= 0.6 is 0 Å². The molecule has 1 aromatic carbocycles. The van der Waals surface area contributed by atoms with Crippen molar-refractivity contribution >= 4 is 17.7 Å². The van der Waals surface area contributed by atoms with Crippen molar-refractivity contribution in [3.05, 3.63) is 29.8 Å². The normalized spacial score (nSPS) is 10.3. The first-order valence-corrected chi connectivity index (χ1v) is 5.23. The molecule has 0 aliphatic carbocycles. The maximum atomic E-state index is 5.35. The average Bonchev–Trinajstić information content (AvgIpc) is 2.67. The van der Waals surface area contributed by atoms with Gasteiger partial charge in [-0.05, 0) is 18.1 Å². The van der Waals surface area contributed by atoms with E-state index in [9.17, 15) is 0 Å². The van der Waals surface area contributed by atoms with Gasteiger partial charge in [0.25, 0.3) is 0 Å².